The van der Waals surface area contributed by atoms with Crippen molar-refractivity contribution in [3.8, 4) is 5.75 Å². The summed E-state index contributed by atoms with van der Waals surface area (Å²) in [5.74, 6) is 1.20. The molecular formula is C20H22O3. The van der Waals surface area contributed by atoms with Crippen molar-refractivity contribution in [2.45, 2.75) is 50.5 Å². The Labute approximate surface area is 136 Å². The van der Waals surface area contributed by atoms with Gasteiger partial charge in [-0.25, -0.2) is 0 Å². The fraction of sp³-hybridized carbons (Fsp3) is 0.550. The summed E-state index contributed by atoms with van der Waals surface area (Å²) in [4.78, 5) is 12.6. The zero-order valence-electron chi connectivity index (χ0n) is 13.4. The van der Waals surface area contributed by atoms with Gasteiger partial charge in [-0.15, -0.1) is 0 Å². The van der Waals surface area contributed by atoms with Crippen molar-refractivity contribution < 1.29 is 15.0 Å². The van der Waals surface area contributed by atoms with Gasteiger partial charge in [0.05, 0.1) is 0 Å². The van der Waals surface area contributed by atoms with Gasteiger partial charge in [-0.05, 0) is 66.9 Å². The molecule has 3 heteroatoms. The molecule has 0 radical (unpaired) electrons. The van der Waals surface area contributed by atoms with Crippen molar-refractivity contribution in [3.63, 3.8) is 0 Å². The Balaban J connectivity index is 1.66. The summed E-state index contributed by atoms with van der Waals surface area (Å²) in [6.07, 6.45) is 8.34. The van der Waals surface area contributed by atoms with Crippen LogP contribution in [-0.2, 0) is 11.2 Å². The Morgan fingerprint density at radius 3 is 2.83 bits per heavy atom. The zero-order valence-corrected chi connectivity index (χ0v) is 13.4. The lowest BCUT2D eigenvalue weighted by atomic mass is 9.48. The molecule has 3 nitrogen and oxygen atoms in total. The van der Waals surface area contributed by atoms with Crippen molar-refractivity contribution in [3.05, 3.63) is 41.5 Å². The smallest absolute Gasteiger partial charge is 0.169 e. The van der Waals surface area contributed by atoms with Crippen molar-refractivity contribution in [2.24, 2.45) is 16.7 Å². The summed E-state index contributed by atoms with van der Waals surface area (Å²) < 4.78 is 0. The number of ketones is 1. The van der Waals surface area contributed by atoms with Gasteiger partial charge in [0, 0.05) is 17.3 Å². The maximum atomic E-state index is 12.6. The van der Waals surface area contributed by atoms with Crippen LogP contribution in [0.3, 0.4) is 0 Å². The summed E-state index contributed by atoms with van der Waals surface area (Å²) in [7, 11) is 0. The number of rotatable bonds is 0. The molecule has 2 N–H and O–H groups in total. The molecule has 120 valence electrons. The lowest BCUT2D eigenvalue weighted by molar-refractivity contribution is -0.138. The number of aryl methyl sites for hydroxylation is 1. The highest BCUT2D eigenvalue weighted by Gasteiger charge is 2.74. The van der Waals surface area contributed by atoms with Crippen LogP contribution in [-0.4, -0.2) is 21.6 Å². The van der Waals surface area contributed by atoms with E-state index in [1.807, 2.05) is 6.07 Å². The first-order chi connectivity index (χ1) is 10.9. The normalized spacial score (nSPS) is 46.4. The van der Waals surface area contributed by atoms with Gasteiger partial charge in [0.15, 0.2) is 5.78 Å². The van der Waals surface area contributed by atoms with E-state index in [4.69, 9.17) is 0 Å². The molecule has 2 bridgehead atoms. The second kappa shape index (κ2) is 3.89. The standard InChI is InChI=1S/C20H22O3/c1-18-7-6-15-14-4-3-13(21)10-12(14)2-5-16(15)19(18)8-9-20(18,23)17(22)11-19/h3-4,8-10,15-16,21,23H,2,5-7,11H2,1H3/t15?,16?,18-,19-,20-/m0/s1. The summed E-state index contributed by atoms with van der Waals surface area (Å²) in [6.45, 7) is 2.13. The van der Waals surface area contributed by atoms with Gasteiger partial charge < -0.3 is 10.2 Å². The minimum Gasteiger partial charge on any atom is -0.508 e. The lowest BCUT2D eigenvalue weighted by Crippen LogP contribution is -2.53. The van der Waals surface area contributed by atoms with Crippen molar-refractivity contribution in [2.75, 3.05) is 0 Å². The topological polar surface area (TPSA) is 57.5 Å². The Morgan fingerprint density at radius 2 is 2.04 bits per heavy atom. The number of Topliss-reactive ketones (excluding diaryl/α,β-unsaturated/α-hetero) is 1. The number of carbonyl (C=O) groups excluding carboxylic acids is 1. The number of allylic oxidation sites excluding steroid dienone is 1. The van der Waals surface area contributed by atoms with Gasteiger partial charge in [0.25, 0.3) is 0 Å². The van der Waals surface area contributed by atoms with E-state index in [2.05, 4.69) is 19.1 Å². The van der Waals surface area contributed by atoms with E-state index in [1.54, 1.807) is 12.1 Å². The fourth-order valence-corrected chi connectivity index (χ4v) is 6.45. The molecule has 2 fully saturated rings. The molecule has 0 spiro atoms. The second-order valence-electron chi connectivity index (χ2n) is 8.25. The van der Waals surface area contributed by atoms with Crippen molar-refractivity contribution in [1.82, 2.24) is 0 Å². The van der Waals surface area contributed by atoms with Crippen molar-refractivity contribution in [1.29, 1.82) is 0 Å². The van der Waals surface area contributed by atoms with Crippen LogP contribution >= 0.6 is 0 Å². The van der Waals surface area contributed by atoms with Gasteiger partial charge in [0.2, 0.25) is 0 Å². The molecule has 4 aliphatic carbocycles. The lowest BCUT2D eigenvalue weighted by Gasteiger charge is -2.55. The molecule has 5 rings (SSSR count). The Morgan fingerprint density at radius 1 is 1.22 bits per heavy atom. The van der Waals surface area contributed by atoms with Gasteiger partial charge in [-0.2, -0.15) is 0 Å². The van der Waals surface area contributed by atoms with Crippen LogP contribution in [0.25, 0.3) is 0 Å². The molecule has 4 aliphatic rings. The van der Waals surface area contributed by atoms with Gasteiger partial charge >= 0.3 is 0 Å². The van der Waals surface area contributed by atoms with E-state index in [1.165, 1.54) is 11.1 Å². The number of aliphatic hydroxyl groups is 1. The fourth-order valence-electron chi connectivity index (χ4n) is 6.45. The molecule has 0 amide bonds. The summed E-state index contributed by atoms with van der Waals surface area (Å²) in [5.41, 5.74) is 0.837. The zero-order chi connectivity index (χ0) is 16.0. The van der Waals surface area contributed by atoms with Crippen LogP contribution in [0.15, 0.2) is 30.4 Å². The first kappa shape index (κ1) is 13.8. The summed E-state index contributed by atoms with van der Waals surface area (Å²) >= 11 is 0. The Kier molecular flexibility index (Phi) is 2.33. The predicted octanol–water partition coefficient (Wildman–Crippen LogP) is 3.10. The molecule has 0 heterocycles. The van der Waals surface area contributed by atoms with Crippen LogP contribution < -0.4 is 0 Å². The molecule has 1 aromatic carbocycles. The number of fused-ring (bicyclic) bond motifs is 3. The third kappa shape index (κ3) is 1.32. The SMILES string of the molecule is C[C@]12CCC3c4ccc(O)cc4CCC3[C@@]13C=C[C@]2(O)C(=O)C3. The van der Waals surface area contributed by atoms with Crippen LogP contribution in [0, 0.1) is 16.7 Å². The highest BCUT2D eigenvalue weighted by atomic mass is 16.3. The molecule has 0 aliphatic heterocycles. The molecule has 2 saturated carbocycles. The third-order valence-electron chi connectivity index (χ3n) is 7.72. The van der Waals surface area contributed by atoms with E-state index in [0.717, 1.165) is 25.7 Å². The molecule has 23 heavy (non-hydrogen) atoms. The van der Waals surface area contributed by atoms with Crippen LogP contribution in [0.2, 0.25) is 0 Å². The van der Waals surface area contributed by atoms with E-state index >= 15 is 0 Å². The Bertz CT molecular complexity index is 766. The number of hydrogen-bond donors (Lipinski definition) is 2. The average molecular weight is 310 g/mol. The molecule has 0 aromatic heterocycles. The molecule has 0 saturated heterocycles. The monoisotopic (exact) mass is 310 g/mol. The summed E-state index contributed by atoms with van der Waals surface area (Å²) in [5, 5.41) is 20.8. The number of phenolic OH excluding ortho intramolecular Hbond substituents is 1. The number of hydrogen-bond acceptors (Lipinski definition) is 3. The maximum Gasteiger partial charge on any atom is 0.169 e. The largest absolute Gasteiger partial charge is 0.508 e. The van der Waals surface area contributed by atoms with E-state index < -0.39 is 5.60 Å². The number of benzene rings is 1. The quantitative estimate of drug-likeness (QED) is 0.724. The second-order valence-corrected chi connectivity index (χ2v) is 8.25. The molecule has 5 atom stereocenters. The van der Waals surface area contributed by atoms with Gasteiger partial charge in [-0.1, -0.05) is 19.1 Å². The molecule has 1 aromatic rings. The first-order valence-corrected chi connectivity index (χ1v) is 8.69. The van der Waals surface area contributed by atoms with Gasteiger partial charge in [-0.3, -0.25) is 4.79 Å². The highest BCUT2D eigenvalue weighted by molar-refractivity contribution is 5.96. The Hall–Kier alpha value is -1.61. The number of aromatic hydroxyl groups is 1. The van der Waals surface area contributed by atoms with E-state index in [-0.39, 0.29) is 16.6 Å². The minimum absolute atomic E-state index is 0.0136. The van der Waals surface area contributed by atoms with E-state index in [0.29, 0.717) is 24.0 Å². The minimum atomic E-state index is -1.24. The maximum absolute atomic E-state index is 12.6. The van der Waals surface area contributed by atoms with Crippen molar-refractivity contribution >= 4 is 5.78 Å². The van der Waals surface area contributed by atoms with Gasteiger partial charge in [0.1, 0.15) is 11.4 Å². The average Bonchev–Trinajstić information content (AvgIpc) is 2.86. The molecular weight excluding hydrogens is 288 g/mol. The van der Waals surface area contributed by atoms with E-state index in [9.17, 15) is 15.0 Å². The van der Waals surface area contributed by atoms with Crippen LogP contribution in [0.4, 0.5) is 0 Å². The highest BCUT2D eigenvalue weighted by Crippen LogP contribution is 2.73. The summed E-state index contributed by atoms with van der Waals surface area (Å²) in [6, 6.07) is 5.76. The van der Waals surface area contributed by atoms with Crippen LogP contribution in [0.1, 0.15) is 49.7 Å². The predicted molar refractivity (Wildman–Crippen MR) is 86.1 cm³/mol. The van der Waals surface area contributed by atoms with Crippen LogP contribution in [0.5, 0.6) is 5.75 Å². The number of carbonyl (C=O) groups is 1. The third-order valence-corrected chi connectivity index (χ3v) is 7.72. The molecule has 2 unspecified atom stereocenters. The number of phenols is 1. The first-order valence-electron chi connectivity index (χ1n) is 8.69.